The Labute approximate surface area is 179 Å². The molecular formula is C21H33ClN4O3. The number of piperidine rings is 2. The zero-order valence-corrected chi connectivity index (χ0v) is 18.4. The van der Waals surface area contributed by atoms with Gasteiger partial charge in [0.05, 0.1) is 4.92 Å². The van der Waals surface area contributed by atoms with Gasteiger partial charge in [-0.05, 0) is 62.7 Å². The Hall–Kier alpha value is -1.86. The number of anilines is 1. The van der Waals surface area contributed by atoms with Crippen LogP contribution in [-0.4, -0.2) is 55.5 Å². The van der Waals surface area contributed by atoms with Gasteiger partial charge in [-0.15, -0.1) is 12.4 Å². The maximum atomic E-state index is 12.9. The van der Waals surface area contributed by atoms with E-state index in [9.17, 15) is 14.9 Å². The second-order valence-corrected chi connectivity index (χ2v) is 8.60. The average molecular weight is 425 g/mol. The maximum absolute atomic E-state index is 12.9. The first-order valence-electron chi connectivity index (χ1n) is 10.4. The molecule has 2 fully saturated rings. The molecule has 1 aromatic rings. The van der Waals surface area contributed by atoms with Crippen molar-refractivity contribution in [1.82, 2.24) is 10.2 Å². The summed E-state index contributed by atoms with van der Waals surface area (Å²) in [7, 11) is 1.95. The summed E-state index contributed by atoms with van der Waals surface area (Å²) < 4.78 is 0. The summed E-state index contributed by atoms with van der Waals surface area (Å²) in [6.45, 7) is 8.39. The van der Waals surface area contributed by atoms with Crippen molar-refractivity contribution in [2.45, 2.75) is 33.1 Å². The highest BCUT2D eigenvalue weighted by Gasteiger charge is 2.29. The van der Waals surface area contributed by atoms with Crippen LogP contribution < -0.4 is 10.2 Å². The van der Waals surface area contributed by atoms with Gasteiger partial charge in [0.2, 0.25) is 0 Å². The normalized spacial score (nSPS) is 22.9. The van der Waals surface area contributed by atoms with Crippen molar-refractivity contribution < 1.29 is 9.72 Å². The van der Waals surface area contributed by atoms with Crippen LogP contribution in [0.2, 0.25) is 0 Å². The van der Waals surface area contributed by atoms with Crippen molar-refractivity contribution in [3.63, 3.8) is 0 Å². The number of likely N-dealkylation sites (tertiary alicyclic amines) is 1. The Bertz CT molecular complexity index is 712. The smallest absolute Gasteiger partial charge is 0.293 e. The van der Waals surface area contributed by atoms with E-state index < -0.39 is 0 Å². The topological polar surface area (TPSA) is 78.7 Å². The average Bonchev–Trinajstić information content (AvgIpc) is 2.67. The van der Waals surface area contributed by atoms with Gasteiger partial charge in [0.1, 0.15) is 5.69 Å². The van der Waals surface area contributed by atoms with Gasteiger partial charge in [-0.25, -0.2) is 0 Å². The molecule has 7 nitrogen and oxygen atoms in total. The molecule has 2 aliphatic heterocycles. The minimum absolute atomic E-state index is 0. The van der Waals surface area contributed by atoms with Gasteiger partial charge in [0, 0.05) is 37.8 Å². The second kappa shape index (κ2) is 10.3. The summed E-state index contributed by atoms with van der Waals surface area (Å²) in [4.78, 5) is 28.2. The quantitative estimate of drug-likeness (QED) is 0.577. The summed E-state index contributed by atoms with van der Waals surface area (Å²) in [5.41, 5.74) is 1.09. The highest BCUT2D eigenvalue weighted by molar-refractivity contribution is 5.96. The van der Waals surface area contributed by atoms with Gasteiger partial charge >= 0.3 is 0 Å². The van der Waals surface area contributed by atoms with Crippen LogP contribution in [0.3, 0.4) is 0 Å². The van der Waals surface area contributed by atoms with Crippen molar-refractivity contribution in [1.29, 1.82) is 0 Å². The van der Waals surface area contributed by atoms with Gasteiger partial charge in [-0.2, -0.15) is 0 Å². The number of benzene rings is 1. The molecule has 0 spiro atoms. The molecule has 3 rings (SSSR count). The Morgan fingerprint density at radius 2 is 1.83 bits per heavy atom. The summed E-state index contributed by atoms with van der Waals surface area (Å²) >= 11 is 0. The van der Waals surface area contributed by atoms with Crippen molar-refractivity contribution in [3.05, 3.63) is 33.9 Å². The predicted molar refractivity (Wildman–Crippen MR) is 118 cm³/mol. The lowest BCUT2D eigenvalue weighted by Crippen LogP contribution is -2.40. The van der Waals surface area contributed by atoms with Gasteiger partial charge in [0.25, 0.3) is 11.6 Å². The molecule has 1 amide bonds. The molecule has 2 aliphatic rings. The van der Waals surface area contributed by atoms with Crippen LogP contribution in [0.15, 0.2) is 18.2 Å². The number of amides is 1. The van der Waals surface area contributed by atoms with Crippen LogP contribution in [0.25, 0.3) is 0 Å². The number of hydrogen-bond acceptors (Lipinski definition) is 5. The van der Waals surface area contributed by atoms with E-state index in [4.69, 9.17) is 0 Å². The first-order chi connectivity index (χ1) is 13.4. The lowest BCUT2D eigenvalue weighted by atomic mass is 9.91. The number of nitrogens with one attached hydrogen (secondary N) is 1. The third kappa shape index (κ3) is 5.60. The molecule has 0 aliphatic carbocycles. The zero-order chi connectivity index (χ0) is 20.3. The van der Waals surface area contributed by atoms with E-state index in [1.807, 2.05) is 11.9 Å². The molecule has 2 atom stereocenters. The molecule has 1 aromatic carbocycles. The molecule has 0 bridgehead atoms. The number of rotatable bonds is 5. The van der Waals surface area contributed by atoms with E-state index in [-0.39, 0.29) is 28.9 Å². The van der Waals surface area contributed by atoms with Crippen molar-refractivity contribution in [2.24, 2.45) is 17.8 Å². The summed E-state index contributed by atoms with van der Waals surface area (Å²) in [6, 6.07) is 5.00. The van der Waals surface area contributed by atoms with Crippen LogP contribution in [-0.2, 0) is 0 Å². The van der Waals surface area contributed by atoms with Crippen LogP contribution >= 0.6 is 12.4 Å². The van der Waals surface area contributed by atoms with E-state index in [0.29, 0.717) is 42.1 Å². The molecule has 0 aromatic heterocycles. The largest absolute Gasteiger partial charge is 0.365 e. The van der Waals surface area contributed by atoms with Crippen LogP contribution in [0.5, 0.6) is 0 Å². The molecule has 0 saturated carbocycles. The highest BCUT2D eigenvalue weighted by Crippen LogP contribution is 2.34. The van der Waals surface area contributed by atoms with Crippen LogP contribution in [0.1, 0.15) is 43.5 Å². The fraction of sp³-hybridized carbons (Fsp3) is 0.667. The number of nitro groups is 1. The summed E-state index contributed by atoms with van der Waals surface area (Å²) in [5, 5.41) is 14.9. The number of nitrogens with zero attached hydrogens (tertiary/aromatic N) is 3. The lowest BCUT2D eigenvalue weighted by molar-refractivity contribution is -0.384. The van der Waals surface area contributed by atoms with Crippen LogP contribution in [0.4, 0.5) is 11.4 Å². The lowest BCUT2D eigenvalue weighted by Gasteiger charge is -2.36. The molecule has 2 unspecified atom stereocenters. The van der Waals surface area contributed by atoms with E-state index in [1.54, 1.807) is 12.1 Å². The van der Waals surface area contributed by atoms with E-state index >= 15 is 0 Å². The van der Waals surface area contributed by atoms with Gasteiger partial charge in [-0.3, -0.25) is 14.9 Å². The second-order valence-electron chi connectivity index (χ2n) is 8.60. The minimum atomic E-state index is -0.352. The third-order valence-electron chi connectivity index (χ3n) is 6.02. The summed E-state index contributed by atoms with van der Waals surface area (Å²) in [6.07, 6.45) is 3.08. The van der Waals surface area contributed by atoms with Crippen LogP contribution in [0, 0.1) is 27.9 Å². The first kappa shape index (κ1) is 23.4. The minimum Gasteiger partial charge on any atom is -0.365 e. The third-order valence-corrected chi connectivity index (χ3v) is 6.02. The van der Waals surface area contributed by atoms with E-state index in [0.717, 1.165) is 38.9 Å². The van der Waals surface area contributed by atoms with E-state index in [2.05, 4.69) is 24.1 Å². The predicted octanol–water partition coefficient (Wildman–Crippen LogP) is 3.57. The Kier molecular flexibility index (Phi) is 8.28. The molecule has 2 saturated heterocycles. The first-order valence-corrected chi connectivity index (χ1v) is 10.4. The molecule has 8 heteroatoms. The molecule has 0 radical (unpaired) electrons. The van der Waals surface area contributed by atoms with Crippen molar-refractivity contribution in [3.8, 4) is 0 Å². The van der Waals surface area contributed by atoms with Gasteiger partial charge in [0.15, 0.2) is 0 Å². The number of carbonyl (C=O) groups is 1. The highest BCUT2D eigenvalue weighted by atomic mass is 35.5. The Morgan fingerprint density at radius 3 is 2.38 bits per heavy atom. The van der Waals surface area contributed by atoms with Crippen molar-refractivity contribution in [2.75, 3.05) is 44.7 Å². The standard InChI is InChI=1S/C21H32N4O3.ClH/c1-15-10-16(2)14-24(13-15)19-5-4-18(11-20(19)25(27)28)21(26)23-8-6-17(7-9-23)12-22-3;/h4-5,11,15-17,22H,6-10,12-14H2,1-3H3;1H. The van der Waals surface area contributed by atoms with Gasteiger partial charge in [-0.1, -0.05) is 13.8 Å². The summed E-state index contributed by atoms with van der Waals surface area (Å²) in [5.74, 6) is 1.50. The Morgan fingerprint density at radius 1 is 1.21 bits per heavy atom. The number of carbonyl (C=O) groups excluding carboxylic acids is 1. The Balaban J connectivity index is 0.00000300. The molecular weight excluding hydrogens is 392 g/mol. The fourth-order valence-corrected chi connectivity index (χ4v) is 4.74. The van der Waals surface area contributed by atoms with Crippen molar-refractivity contribution >= 4 is 29.7 Å². The fourth-order valence-electron chi connectivity index (χ4n) is 4.74. The van der Waals surface area contributed by atoms with E-state index in [1.165, 1.54) is 6.07 Å². The maximum Gasteiger partial charge on any atom is 0.293 e. The zero-order valence-electron chi connectivity index (χ0n) is 17.6. The van der Waals surface area contributed by atoms with Gasteiger partial charge < -0.3 is 15.1 Å². The number of halogens is 1. The number of nitro benzene ring substituents is 1. The SMILES string of the molecule is CNCC1CCN(C(=O)c2ccc(N3CC(C)CC(C)C3)c([N+](=O)[O-])c2)CC1.Cl. The number of hydrogen-bond donors (Lipinski definition) is 1. The molecule has 1 N–H and O–H groups in total. The molecule has 29 heavy (non-hydrogen) atoms. The monoisotopic (exact) mass is 424 g/mol. The molecule has 2 heterocycles. The molecule has 162 valence electrons.